The number of nitrogens with one attached hydrogen (secondary N) is 1. The quantitative estimate of drug-likeness (QED) is 0.830. The van der Waals surface area contributed by atoms with Gasteiger partial charge in [0, 0.05) is 22.9 Å². The smallest absolute Gasteiger partial charge is 0.107 e. The summed E-state index contributed by atoms with van der Waals surface area (Å²) in [5.74, 6) is 0. The van der Waals surface area contributed by atoms with Crippen LogP contribution in [0.4, 0.5) is 0 Å². The lowest BCUT2D eigenvalue weighted by molar-refractivity contribution is 0.295. The molecule has 0 aliphatic rings. The maximum atomic E-state index is 4.93. The summed E-state index contributed by atoms with van der Waals surface area (Å²) < 4.78 is 0. The third-order valence-corrected chi connectivity index (χ3v) is 4.42. The molecule has 3 nitrogen and oxygen atoms in total. The van der Waals surface area contributed by atoms with Crippen molar-refractivity contribution in [1.29, 1.82) is 0 Å². The Balaban J connectivity index is 2.93. The Hall–Kier alpha value is -0.450. The number of thiazole rings is 1. The second-order valence-electron chi connectivity index (χ2n) is 6.63. The van der Waals surface area contributed by atoms with E-state index < -0.39 is 0 Å². The third-order valence-electron chi connectivity index (χ3n) is 3.38. The summed E-state index contributed by atoms with van der Waals surface area (Å²) in [6, 6.07) is 0.510. The van der Waals surface area contributed by atoms with E-state index >= 15 is 0 Å². The first-order valence-electron chi connectivity index (χ1n) is 7.72. The first kappa shape index (κ1) is 17.6. The van der Waals surface area contributed by atoms with Gasteiger partial charge in [-0.3, -0.25) is 4.90 Å². The van der Waals surface area contributed by atoms with Crippen LogP contribution in [0.3, 0.4) is 0 Å². The van der Waals surface area contributed by atoms with E-state index in [0.717, 1.165) is 26.2 Å². The van der Waals surface area contributed by atoms with Crippen molar-refractivity contribution in [3.63, 3.8) is 0 Å². The third kappa shape index (κ3) is 5.15. The highest BCUT2D eigenvalue weighted by Gasteiger charge is 2.23. The lowest BCUT2D eigenvalue weighted by Gasteiger charge is -2.18. The van der Waals surface area contributed by atoms with Crippen molar-refractivity contribution < 1.29 is 0 Å². The van der Waals surface area contributed by atoms with Crippen LogP contribution in [0, 0.1) is 0 Å². The van der Waals surface area contributed by atoms with Crippen LogP contribution in [-0.2, 0) is 18.5 Å². The van der Waals surface area contributed by atoms with Crippen LogP contribution in [0.5, 0.6) is 0 Å². The zero-order chi connectivity index (χ0) is 15.3. The molecule has 20 heavy (non-hydrogen) atoms. The fourth-order valence-corrected chi connectivity index (χ4v) is 3.38. The predicted molar refractivity (Wildman–Crippen MR) is 89.4 cm³/mol. The van der Waals surface area contributed by atoms with E-state index in [-0.39, 0.29) is 5.41 Å². The molecule has 0 radical (unpaired) electrons. The van der Waals surface area contributed by atoms with E-state index in [2.05, 4.69) is 58.7 Å². The molecule has 1 aromatic heterocycles. The van der Waals surface area contributed by atoms with E-state index in [0.29, 0.717) is 6.04 Å². The Morgan fingerprint density at radius 2 is 1.80 bits per heavy atom. The summed E-state index contributed by atoms with van der Waals surface area (Å²) in [6.45, 7) is 19.6. The van der Waals surface area contributed by atoms with Crippen LogP contribution in [0.15, 0.2) is 0 Å². The van der Waals surface area contributed by atoms with Gasteiger partial charge in [-0.2, -0.15) is 0 Å². The average Bonchev–Trinajstić information content (AvgIpc) is 2.76. The monoisotopic (exact) mass is 297 g/mol. The molecule has 0 saturated heterocycles. The highest BCUT2D eigenvalue weighted by Crippen LogP contribution is 2.30. The van der Waals surface area contributed by atoms with Crippen LogP contribution >= 0.6 is 11.3 Å². The van der Waals surface area contributed by atoms with Gasteiger partial charge in [-0.1, -0.05) is 48.5 Å². The van der Waals surface area contributed by atoms with Crippen molar-refractivity contribution in [3.05, 3.63) is 15.6 Å². The van der Waals surface area contributed by atoms with E-state index in [4.69, 9.17) is 4.98 Å². The molecule has 0 bridgehead atoms. The molecule has 1 aromatic rings. The molecule has 0 amide bonds. The number of hydrogen-bond acceptors (Lipinski definition) is 4. The predicted octanol–water partition coefficient (Wildman–Crippen LogP) is 3.78. The normalized spacial score (nSPS) is 12.7. The Morgan fingerprint density at radius 1 is 1.20 bits per heavy atom. The standard InChI is InChI=1S/C16H31N3S/c1-8-19(9-2)11-14-18-15(16(5,6)7)13(20-14)10-17-12(3)4/h12,17H,8-11H2,1-7H3. The summed E-state index contributed by atoms with van der Waals surface area (Å²) in [7, 11) is 0. The molecule has 0 aromatic carbocycles. The Bertz CT molecular complexity index is 400. The molecule has 1 rings (SSSR count). The molecule has 1 heterocycles. The van der Waals surface area contributed by atoms with Crippen LogP contribution in [-0.4, -0.2) is 29.0 Å². The minimum Gasteiger partial charge on any atom is -0.310 e. The molecule has 0 fully saturated rings. The van der Waals surface area contributed by atoms with Gasteiger partial charge in [0.2, 0.25) is 0 Å². The number of aromatic nitrogens is 1. The van der Waals surface area contributed by atoms with Crippen molar-refractivity contribution in [1.82, 2.24) is 15.2 Å². The Kier molecular flexibility index (Phi) is 6.62. The molecule has 0 atom stereocenters. The van der Waals surface area contributed by atoms with Gasteiger partial charge in [-0.25, -0.2) is 4.98 Å². The largest absolute Gasteiger partial charge is 0.310 e. The lowest BCUT2D eigenvalue weighted by Crippen LogP contribution is -2.24. The Labute approximate surface area is 128 Å². The minimum atomic E-state index is 0.117. The van der Waals surface area contributed by atoms with Crippen molar-refractivity contribution in [2.45, 2.75) is 73.0 Å². The highest BCUT2D eigenvalue weighted by molar-refractivity contribution is 7.11. The second-order valence-corrected chi connectivity index (χ2v) is 7.79. The van der Waals surface area contributed by atoms with Crippen LogP contribution < -0.4 is 5.32 Å². The number of hydrogen-bond donors (Lipinski definition) is 1. The van der Waals surface area contributed by atoms with E-state index in [1.165, 1.54) is 15.6 Å². The van der Waals surface area contributed by atoms with Gasteiger partial charge >= 0.3 is 0 Å². The van der Waals surface area contributed by atoms with E-state index in [1.807, 2.05) is 11.3 Å². The van der Waals surface area contributed by atoms with Gasteiger partial charge < -0.3 is 5.32 Å². The van der Waals surface area contributed by atoms with Crippen molar-refractivity contribution in [3.8, 4) is 0 Å². The topological polar surface area (TPSA) is 28.2 Å². The molecule has 0 aliphatic carbocycles. The zero-order valence-corrected chi connectivity index (χ0v) is 15.0. The SMILES string of the molecule is CCN(CC)Cc1nc(C(C)(C)C)c(CNC(C)C)s1. The van der Waals surface area contributed by atoms with Crippen molar-refractivity contribution >= 4 is 11.3 Å². The van der Waals surface area contributed by atoms with Gasteiger partial charge in [0.15, 0.2) is 0 Å². The Morgan fingerprint density at radius 3 is 2.25 bits per heavy atom. The molecule has 0 spiro atoms. The molecule has 1 N–H and O–H groups in total. The molecule has 116 valence electrons. The van der Waals surface area contributed by atoms with Crippen molar-refractivity contribution in [2.24, 2.45) is 0 Å². The number of rotatable bonds is 7. The maximum absolute atomic E-state index is 4.93. The van der Waals surface area contributed by atoms with Gasteiger partial charge in [0.1, 0.15) is 5.01 Å². The molecular formula is C16H31N3S. The van der Waals surface area contributed by atoms with E-state index in [1.54, 1.807) is 0 Å². The zero-order valence-electron chi connectivity index (χ0n) is 14.2. The van der Waals surface area contributed by atoms with Gasteiger partial charge in [0.05, 0.1) is 12.2 Å². The van der Waals surface area contributed by atoms with Crippen LogP contribution in [0.2, 0.25) is 0 Å². The lowest BCUT2D eigenvalue weighted by atomic mass is 9.91. The molecule has 0 unspecified atom stereocenters. The number of nitrogens with zero attached hydrogens (tertiary/aromatic N) is 2. The summed E-state index contributed by atoms with van der Waals surface area (Å²) in [6.07, 6.45) is 0. The summed E-state index contributed by atoms with van der Waals surface area (Å²) in [5.41, 5.74) is 1.38. The summed E-state index contributed by atoms with van der Waals surface area (Å²) in [5, 5.41) is 4.77. The first-order chi connectivity index (χ1) is 9.27. The fourth-order valence-electron chi connectivity index (χ4n) is 2.11. The molecule has 0 saturated carbocycles. The molecule has 4 heteroatoms. The molecule has 0 aliphatic heterocycles. The van der Waals surface area contributed by atoms with Gasteiger partial charge in [-0.05, 0) is 13.1 Å². The minimum absolute atomic E-state index is 0.117. The highest BCUT2D eigenvalue weighted by atomic mass is 32.1. The first-order valence-corrected chi connectivity index (χ1v) is 8.54. The maximum Gasteiger partial charge on any atom is 0.107 e. The summed E-state index contributed by atoms with van der Waals surface area (Å²) in [4.78, 5) is 8.75. The van der Waals surface area contributed by atoms with Crippen molar-refractivity contribution in [2.75, 3.05) is 13.1 Å². The second kappa shape index (κ2) is 7.53. The average molecular weight is 298 g/mol. The van der Waals surface area contributed by atoms with Gasteiger partial charge in [0.25, 0.3) is 0 Å². The van der Waals surface area contributed by atoms with E-state index in [9.17, 15) is 0 Å². The fraction of sp³-hybridized carbons (Fsp3) is 0.812. The molecular weight excluding hydrogens is 266 g/mol. The van der Waals surface area contributed by atoms with Crippen LogP contribution in [0.25, 0.3) is 0 Å². The van der Waals surface area contributed by atoms with Crippen LogP contribution in [0.1, 0.15) is 64.0 Å². The summed E-state index contributed by atoms with van der Waals surface area (Å²) >= 11 is 1.87. The van der Waals surface area contributed by atoms with Gasteiger partial charge in [-0.15, -0.1) is 11.3 Å².